The Morgan fingerprint density at radius 3 is 2.77 bits per heavy atom. The molecule has 0 amide bonds. The van der Waals surface area contributed by atoms with Gasteiger partial charge in [-0.1, -0.05) is 34.1 Å². The van der Waals surface area contributed by atoms with Crippen molar-refractivity contribution in [2.24, 2.45) is 0 Å². The Kier molecular flexibility index (Phi) is 8.78. The number of ether oxygens (including phenoxy) is 2. The van der Waals surface area contributed by atoms with Crippen molar-refractivity contribution in [2.75, 3.05) is 20.3 Å². The molecular weight excluding hydrogens is 347 g/mol. The molecule has 0 saturated heterocycles. The third kappa shape index (κ3) is 7.05. The summed E-state index contributed by atoms with van der Waals surface area (Å²) in [6.07, 6.45) is 7.16. The number of benzene rings is 1. The molecule has 0 atom stereocenters. The highest BCUT2D eigenvalue weighted by Crippen LogP contribution is 2.18. The first-order valence-corrected chi connectivity index (χ1v) is 7.89. The molecule has 1 aromatic rings. The molecular formula is C18H22BrFO2. The molecule has 0 bridgehead atoms. The molecule has 0 aliphatic rings. The van der Waals surface area contributed by atoms with E-state index < -0.39 is 0 Å². The van der Waals surface area contributed by atoms with E-state index in [1.807, 2.05) is 19.1 Å². The van der Waals surface area contributed by atoms with Crippen molar-refractivity contribution >= 4 is 15.9 Å². The summed E-state index contributed by atoms with van der Waals surface area (Å²) in [5.74, 6) is 0.625. The third-order valence-corrected chi connectivity index (χ3v) is 3.76. The Labute approximate surface area is 140 Å². The summed E-state index contributed by atoms with van der Waals surface area (Å²) in [7, 11) is 1.65. The summed E-state index contributed by atoms with van der Waals surface area (Å²) in [6.45, 7) is 6.83. The van der Waals surface area contributed by atoms with E-state index in [0.717, 1.165) is 27.8 Å². The largest absolute Gasteiger partial charge is 0.501 e. The number of hydrogen-bond donors (Lipinski definition) is 0. The van der Waals surface area contributed by atoms with Gasteiger partial charge in [0.2, 0.25) is 0 Å². The maximum absolute atomic E-state index is 13.0. The van der Waals surface area contributed by atoms with E-state index in [2.05, 4.69) is 22.5 Å². The van der Waals surface area contributed by atoms with Gasteiger partial charge in [-0.15, -0.1) is 6.58 Å². The topological polar surface area (TPSA) is 18.5 Å². The molecule has 0 fully saturated rings. The van der Waals surface area contributed by atoms with E-state index in [1.54, 1.807) is 19.3 Å². The second kappa shape index (κ2) is 10.4. The maximum atomic E-state index is 13.0. The summed E-state index contributed by atoms with van der Waals surface area (Å²) in [5, 5.41) is 0. The van der Waals surface area contributed by atoms with Crippen LogP contribution in [0.4, 0.5) is 4.39 Å². The summed E-state index contributed by atoms with van der Waals surface area (Å²) in [6, 6.07) is 4.70. The predicted molar refractivity (Wildman–Crippen MR) is 92.3 cm³/mol. The van der Waals surface area contributed by atoms with E-state index in [-0.39, 0.29) is 5.82 Å². The Hall–Kier alpha value is -1.39. The standard InChI is InChI=1S/C18H22BrFO2/c1-4-5-17(21-3)9-6-14(2)13-22-11-10-15-7-8-16(20)12-18(15)19/h4,6-9,12H,1,5,10-11,13H2,2-3H3/b14-6+,17-9+. The molecule has 120 valence electrons. The number of methoxy groups -OCH3 is 1. The van der Waals surface area contributed by atoms with Gasteiger partial charge in [-0.3, -0.25) is 0 Å². The van der Waals surface area contributed by atoms with Crippen molar-refractivity contribution in [1.29, 1.82) is 0 Å². The van der Waals surface area contributed by atoms with Crippen LogP contribution in [0.5, 0.6) is 0 Å². The van der Waals surface area contributed by atoms with Crippen molar-refractivity contribution in [2.45, 2.75) is 19.8 Å². The molecule has 2 nitrogen and oxygen atoms in total. The molecule has 0 radical (unpaired) electrons. The van der Waals surface area contributed by atoms with Crippen LogP contribution in [0.3, 0.4) is 0 Å². The van der Waals surface area contributed by atoms with Gasteiger partial charge in [-0.25, -0.2) is 4.39 Å². The SMILES string of the molecule is C=CC/C(=C\C=C(/C)COCCc1ccc(F)cc1Br)OC. The van der Waals surface area contributed by atoms with Gasteiger partial charge in [-0.2, -0.15) is 0 Å². The second-order valence-electron chi connectivity index (χ2n) is 4.88. The van der Waals surface area contributed by atoms with Crippen molar-refractivity contribution in [1.82, 2.24) is 0 Å². The molecule has 0 spiro atoms. The minimum Gasteiger partial charge on any atom is -0.501 e. The fourth-order valence-corrected chi connectivity index (χ4v) is 2.33. The minimum absolute atomic E-state index is 0.240. The lowest BCUT2D eigenvalue weighted by atomic mass is 10.1. The van der Waals surface area contributed by atoms with Crippen LogP contribution >= 0.6 is 15.9 Å². The third-order valence-electron chi connectivity index (χ3n) is 3.02. The number of allylic oxidation sites excluding steroid dienone is 3. The van der Waals surface area contributed by atoms with Crippen LogP contribution in [0.1, 0.15) is 18.9 Å². The summed E-state index contributed by atoms with van der Waals surface area (Å²) >= 11 is 3.35. The molecule has 0 unspecified atom stereocenters. The van der Waals surface area contributed by atoms with Gasteiger partial charge in [0.1, 0.15) is 5.82 Å². The molecule has 0 aliphatic carbocycles. The maximum Gasteiger partial charge on any atom is 0.124 e. The molecule has 0 aliphatic heterocycles. The predicted octanol–water partition coefficient (Wildman–Crippen LogP) is 5.20. The van der Waals surface area contributed by atoms with E-state index in [1.165, 1.54) is 12.1 Å². The summed E-state index contributed by atoms with van der Waals surface area (Å²) in [4.78, 5) is 0. The number of hydrogen-bond acceptors (Lipinski definition) is 2. The summed E-state index contributed by atoms with van der Waals surface area (Å²) < 4.78 is 24.6. The second-order valence-corrected chi connectivity index (χ2v) is 5.74. The first-order chi connectivity index (χ1) is 10.6. The van der Waals surface area contributed by atoms with Crippen LogP contribution in [-0.2, 0) is 15.9 Å². The lowest BCUT2D eigenvalue weighted by Crippen LogP contribution is -2.02. The summed E-state index contributed by atoms with van der Waals surface area (Å²) in [5.41, 5.74) is 2.15. The molecule has 0 aromatic heterocycles. The highest BCUT2D eigenvalue weighted by Gasteiger charge is 2.01. The Balaban J connectivity index is 2.38. The van der Waals surface area contributed by atoms with E-state index in [4.69, 9.17) is 9.47 Å². The van der Waals surface area contributed by atoms with Gasteiger partial charge in [0.25, 0.3) is 0 Å². The molecule has 1 aromatic carbocycles. The van der Waals surface area contributed by atoms with Gasteiger partial charge >= 0.3 is 0 Å². The fraction of sp³-hybridized carbons (Fsp3) is 0.333. The molecule has 22 heavy (non-hydrogen) atoms. The van der Waals surface area contributed by atoms with Gasteiger partial charge in [0.05, 0.1) is 26.1 Å². The normalized spacial score (nSPS) is 12.4. The lowest BCUT2D eigenvalue weighted by molar-refractivity contribution is 0.159. The average Bonchev–Trinajstić information content (AvgIpc) is 2.49. The first-order valence-electron chi connectivity index (χ1n) is 7.09. The van der Waals surface area contributed by atoms with E-state index in [9.17, 15) is 4.39 Å². The van der Waals surface area contributed by atoms with Crippen LogP contribution in [0.15, 0.2) is 58.8 Å². The minimum atomic E-state index is -0.240. The van der Waals surface area contributed by atoms with Crippen LogP contribution < -0.4 is 0 Å². The average molecular weight is 369 g/mol. The molecule has 0 saturated carbocycles. The van der Waals surface area contributed by atoms with Gasteiger partial charge in [0.15, 0.2) is 0 Å². The Morgan fingerprint density at radius 2 is 2.14 bits per heavy atom. The zero-order valence-corrected chi connectivity index (χ0v) is 14.7. The van der Waals surface area contributed by atoms with Gasteiger partial charge in [0, 0.05) is 10.9 Å². The molecule has 0 N–H and O–H groups in total. The monoisotopic (exact) mass is 368 g/mol. The number of rotatable bonds is 9. The Bertz CT molecular complexity index is 550. The van der Waals surface area contributed by atoms with Crippen molar-refractivity contribution in [3.8, 4) is 0 Å². The van der Waals surface area contributed by atoms with Crippen molar-refractivity contribution < 1.29 is 13.9 Å². The van der Waals surface area contributed by atoms with Crippen LogP contribution in [-0.4, -0.2) is 20.3 Å². The van der Waals surface area contributed by atoms with Crippen LogP contribution in [0, 0.1) is 5.82 Å². The van der Waals surface area contributed by atoms with Crippen molar-refractivity contribution in [3.05, 3.63) is 70.2 Å². The molecule has 1 rings (SSSR count). The Morgan fingerprint density at radius 1 is 1.36 bits per heavy atom. The fourth-order valence-electron chi connectivity index (χ4n) is 1.78. The quantitative estimate of drug-likeness (QED) is 0.258. The molecule has 0 heterocycles. The smallest absolute Gasteiger partial charge is 0.124 e. The number of halogens is 2. The van der Waals surface area contributed by atoms with Gasteiger partial charge < -0.3 is 9.47 Å². The highest BCUT2D eigenvalue weighted by molar-refractivity contribution is 9.10. The van der Waals surface area contributed by atoms with Gasteiger partial charge in [-0.05, 0) is 42.7 Å². The lowest BCUT2D eigenvalue weighted by Gasteiger charge is -2.07. The van der Waals surface area contributed by atoms with E-state index >= 15 is 0 Å². The molecule has 4 heteroatoms. The van der Waals surface area contributed by atoms with Crippen LogP contribution in [0.2, 0.25) is 0 Å². The van der Waals surface area contributed by atoms with Crippen molar-refractivity contribution in [3.63, 3.8) is 0 Å². The highest BCUT2D eigenvalue weighted by atomic mass is 79.9. The van der Waals surface area contributed by atoms with Crippen LogP contribution in [0.25, 0.3) is 0 Å². The zero-order chi connectivity index (χ0) is 16.4. The van der Waals surface area contributed by atoms with E-state index in [0.29, 0.717) is 19.6 Å². The zero-order valence-electron chi connectivity index (χ0n) is 13.1. The first kappa shape index (κ1) is 18.7.